The van der Waals surface area contributed by atoms with Crippen molar-refractivity contribution in [3.05, 3.63) is 101 Å². The zero-order chi connectivity index (χ0) is 21.8. The number of pyridine rings is 1. The molecular weight excluding hydrogens is 432 g/mol. The van der Waals surface area contributed by atoms with Gasteiger partial charge in [-0.1, -0.05) is 48.0 Å². The van der Waals surface area contributed by atoms with E-state index in [1.165, 1.54) is 23.3 Å². The number of hydrogen-bond donors (Lipinski definition) is 0. The van der Waals surface area contributed by atoms with Gasteiger partial charge in [-0.05, 0) is 37.9 Å². The normalized spacial score (nSPS) is 11.5. The number of halogens is 2. The van der Waals surface area contributed by atoms with Crippen LogP contribution < -0.4 is 4.31 Å². The maximum absolute atomic E-state index is 13.9. The smallest absolute Gasteiger partial charge is 0.177 e. The first kappa shape index (κ1) is 21.2. The summed E-state index contributed by atoms with van der Waals surface area (Å²) in [6.07, 6.45) is 2.74. The minimum atomic E-state index is -0.975. The lowest BCUT2D eigenvalue weighted by Crippen LogP contribution is -2.09. The van der Waals surface area contributed by atoms with Crippen molar-refractivity contribution in [1.82, 2.24) is 9.97 Å². The molecule has 0 aliphatic heterocycles. The van der Waals surface area contributed by atoms with Crippen molar-refractivity contribution >= 4 is 34.7 Å². The van der Waals surface area contributed by atoms with Gasteiger partial charge in [0.15, 0.2) is 11.6 Å². The monoisotopic (exact) mass is 451 g/mol. The van der Waals surface area contributed by atoms with Crippen LogP contribution >= 0.6 is 23.3 Å². The maximum atomic E-state index is 13.9. The Bertz CT molecular complexity index is 1210. The Morgan fingerprint density at radius 1 is 1.03 bits per heavy atom. The second-order valence-electron chi connectivity index (χ2n) is 6.90. The fraction of sp³-hybridized carbons (Fsp3) is 0.0833. The first-order valence-electron chi connectivity index (χ1n) is 9.54. The number of thiazole rings is 1. The molecule has 0 atom stereocenters. The molecule has 4 rings (SSSR count). The van der Waals surface area contributed by atoms with Crippen molar-refractivity contribution in [2.45, 2.75) is 18.7 Å². The molecule has 2 heterocycles. The Labute approximate surface area is 188 Å². The highest BCUT2D eigenvalue weighted by atomic mass is 32.2. The second-order valence-corrected chi connectivity index (χ2v) is 8.81. The van der Waals surface area contributed by atoms with E-state index in [9.17, 15) is 8.78 Å². The summed E-state index contributed by atoms with van der Waals surface area (Å²) in [6.45, 7) is 3.95. The molecule has 3 nitrogen and oxygen atoms in total. The largest absolute Gasteiger partial charge is 0.271 e. The molecule has 0 aliphatic rings. The van der Waals surface area contributed by atoms with Crippen molar-refractivity contribution in [3.63, 3.8) is 0 Å². The van der Waals surface area contributed by atoms with E-state index in [1.807, 2.05) is 80.0 Å². The molecule has 0 spiro atoms. The Hall–Kier alpha value is -3.03. The van der Waals surface area contributed by atoms with Gasteiger partial charge in [0.25, 0.3) is 0 Å². The summed E-state index contributed by atoms with van der Waals surface area (Å²) in [6, 6.07) is 19.0. The number of aromatic nitrogens is 2. The van der Waals surface area contributed by atoms with E-state index < -0.39 is 11.6 Å². The van der Waals surface area contributed by atoms with Crippen molar-refractivity contribution in [2.75, 3.05) is 4.31 Å². The number of benzene rings is 2. The first-order chi connectivity index (χ1) is 15.0. The topological polar surface area (TPSA) is 29.0 Å². The number of aryl methyl sites for hydroxylation is 1. The fourth-order valence-electron chi connectivity index (χ4n) is 2.80. The molecule has 4 aromatic rings. The highest BCUT2D eigenvalue weighted by Crippen LogP contribution is 2.32. The van der Waals surface area contributed by atoms with Crippen molar-refractivity contribution in [1.29, 1.82) is 0 Å². The third-order valence-electron chi connectivity index (χ3n) is 4.47. The average molecular weight is 452 g/mol. The summed E-state index contributed by atoms with van der Waals surface area (Å²) in [5, 5.41) is 2.85. The van der Waals surface area contributed by atoms with Gasteiger partial charge in [-0.3, -0.25) is 4.31 Å². The lowest BCUT2D eigenvalue weighted by Gasteiger charge is -2.19. The van der Waals surface area contributed by atoms with E-state index in [1.54, 1.807) is 4.31 Å². The summed E-state index contributed by atoms with van der Waals surface area (Å²) in [5.41, 5.74) is 3.98. The molecular formula is C24H19F2N3S2. The molecule has 0 radical (unpaired) electrons. The third kappa shape index (κ3) is 5.18. The van der Waals surface area contributed by atoms with Crippen LogP contribution in [-0.2, 0) is 0 Å². The molecule has 31 heavy (non-hydrogen) atoms. The van der Waals surface area contributed by atoms with Gasteiger partial charge >= 0.3 is 0 Å². The number of allylic oxidation sites excluding steroid dienone is 1. The molecule has 0 unspecified atom stereocenters. The van der Waals surface area contributed by atoms with Crippen LogP contribution in [0.1, 0.15) is 17.5 Å². The Kier molecular flexibility index (Phi) is 6.44. The molecule has 0 N–H and O–H groups in total. The third-order valence-corrected chi connectivity index (χ3v) is 6.42. The van der Waals surface area contributed by atoms with Crippen LogP contribution in [0.3, 0.4) is 0 Å². The number of anilines is 1. The summed E-state index contributed by atoms with van der Waals surface area (Å²) in [5.74, 6) is -1.62. The van der Waals surface area contributed by atoms with Gasteiger partial charge in [-0.25, -0.2) is 18.7 Å². The average Bonchev–Trinajstić information content (AvgIpc) is 3.28. The van der Waals surface area contributed by atoms with E-state index >= 15 is 0 Å². The predicted octanol–water partition coefficient (Wildman–Crippen LogP) is 7.37. The van der Waals surface area contributed by atoms with Crippen LogP contribution in [0.5, 0.6) is 0 Å². The molecule has 0 saturated carbocycles. The quantitative estimate of drug-likeness (QED) is 0.286. The van der Waals surface area contributed by atoms with Crippen molar-refractivity contribution < 1.29 is 8.78 Å². The molecule has 156 valence electrons. The van der Waals surface area contributed by atoms with E-state index in [2.05, 4.69) is 4.98 Å². The van der Waals surface area contributed by atoms with Crippen LogP contribution in [-0.4, -0.2) is 9.97 Å². The summed E-state index contributed by atoms with van der Waals surface area (Å²) in [4.78, 5) is 9.77. The molecule has 0 saturated heterocycles. The highest BCUT2D eigenvalue weighted by Gasteiger charge is 2.14. The van der Waals surface area contributed by atoms with E-state index in [4.69, 9.17) is 4.98 Å². The van der Waals surface area contributed by atoms with E-state index in [0.717, 1.165) is 44.6 Å². The van der Waals surface area contributed by atoms with Crippen LogP contribution in [0.2, 0.25) is 0 Å². The molecule has 7 heteroatoms. The fourth-order valence-corrected chi connectivity index (χ4v) is 4.49. The van der Waals surface area contributed by atoms with Gasteiger partial charge in [0.2, 0.25) is 0 Å². The zero-order valence-corrected chi connectivity index (χ0v) is 18.6. The van der Waals surface area contributed by atoms with Crippen LogP contribution in [0.4, 0.5) is 14.6 Å². The molecule has 0 fully saturated rings. The Morgan fingerprint density at radius 2 is 1.77 bits per heavy atom. The lowest BCUT2D eigenvalue weighted by molar-refractivity contribution is 0.504. The summed E-state index contributed by atoms with van der Waals surface area (Å²) < 4.78 is 29.1. The number of rotatable bonds is 6. The van der Waals surface area contributed by atoms with Crippen LogP contribution in [0.25, 0.3) is 16.8 Å². The Morgan fingerprint density at radius 3 is 2.48 bits per heavy atom. The van der Waals surface area contributed by atoms with Gasteiger partial charge in [-0.15, -0.1) is 11.3 Å². The van der Waals surface area contributed by atoms with Gasteiger partial charge < -0.3 is 0 Å². The maximum Gasteiger partial charge on any atom is 0.177 e. The second kappa shape index (κ2) is 9.41. The SMILES string of the molecule is C/C(=C\N(Sc1ccc(C)cc1)c1cc(F)c(F)cn1)c1nc(-c2ccccc2)cs1. The van der Waals surface area contributed by atoms with E-state index in [0.29, 0.717) is 5.82 Å². The zero-order valence-electron chi connectivity index (χ0n) is 16.9. The minimum Gasteiger partial charge on any atom is -0.271 e. The highest BCUT2D eigenvalue weighted by molar-refractivity contribution is 8.00. The van der Waals surface area contributed by atoms with Gasteiger partial charge in [0.05, 0.1) is 11.9 Å². The van der Waals surface area contributed by atoms with Gasteiger partial charge in [0.1, 0.15) is 10.8 Å². The molecule has 2 aromatic heterocycles. The lowest BCUT2D eigenvalue weighted by atomic mass is 10.2. The first-order valence-corrected chi connectivity index (χ1v) is 11.2. The molecule has 0 amide bonds. The summed E-state index contributed by atoms with van der Waals surface area (Å²) in [7, 11) is 0. The molecule has 0 aliphatic carbocycles. The van der Waals surface area contributed by atoms with Gasteiger partial charge in [-0.2, -0.15) is 0 Å². The summed E-state index contributed by atoms with van der Waals surface area (Å²) >= 11 is 2.91. The standard InChI is InChI=1S/C24H19F2N3S2/c1-16-8-10-19(11-9-16)31-29(23-12-20(25)21(26)13-27-23)14-17(2)24-28-22(15-30-24)18-6-4-3-5-7-18/h3-15H,1-2H3/b17-14+. The number of nitrogens with zero attached hydrogens (tertiary/aromatic N) is 3. The van der Waals surface area contributed by atoms with Crippen LogP contribution in [0, 0.1) is 18.6 Å². The Balaban J connectivity index is 1.67. The van der Waals surface area contributed by atoms with Gasteiger partial charge in [0, 0.05) is 33.7 Å². The molecule has 2 aromatic carbocycles. The predicted molar refractivity (Wildman–Crippen MR) is 125 cm³/mol. The molecule has 0 bridgehead atoms. The number of hydrogen-bond acceptors (Lipinski definition) is 5. The van der Waals surface area contributed by atoms with E-state index in [-0.39, 0.29) is 0 Å². The minimum absolute atomic E-state index is 0.295. The van der Waals surface area contributed by atoms with Crippen molar-refractivity contribution in [2.24, 2.45) is 0 Å². The van der Waals surface area contributed by atoms with Crippen LogP contribution in [0.15, 0.2) is 83.3 Å². The van der Waals surface area contributed by atoms with Crippen molar-refractivity contribution in [3.8, 4) is 11.3 Å².